The normalized spacial score (nSPS) is 16.4. The summed E-state index contributed by atoms with van der Waals surface area (Å²) >= 11 is 5.90. The molecular weight excluding hydrogens is 583 g/mol. The van der Waals surface area contributed by atoms with Gasteiger partial charge in [0.25, 0.3) is 5.91 Å². The molecule has 0 radical (unpaired) electrons. The number of anilines is 2. The molecule has 0 spiro atoms. The lowest BCUT2D eigenvalue weighted by molar-refractivity contribution is -0.137. The molecule has 1 fully saturated rings. The maximum atomic E-state index is 13.7. The van der Waals surface area contributed by atoms with Crippen molar-refractivity contribution in [2.45, 2.75) is 18.0 Å². The number of piperazine rings is 1. The van der Waals surface area contributed by atoms with E-state index in [1.165, 1.54) is 33.5 Å². The Hall–Kier alpha value is -3.61. The number of sulfonamides is 1. The molecule has 0 atom stereocenters. The molecule has 0 saturated carbocycles. The first-order valence-electron chi connectivity index (χ1n) is 12.6. The molecule has 2 aliphatic rings. The minimum absolute atomic E-state index is 0.0264. The fourth-order valence-corrected chi connectivity index (χ4v) is 6.61. The van der Waals surface area contributed by atoms with Crippen molar-refractivity contribution in [3.63, 3.8) is 0 Å². The largest absolute Gasteiger partial charge is 0.482 e. The summed E-state index contributed by atoms with van der Waals surface area (Å²) < 4.78 is 73.0. The zero-order chi connectivity index (χ0) is 29.5. The van der Waals surface area contributed by atoms with Crippen molar-refractivity contribution in [3.8, 4) is 5.75 Å². The Labute approximate surface area is 239 Å². The van der Waals surface area contributed by atoms with E-state index in [9.17, 15) is 31.2 Å². The molecule has 13 heteroatoms. The highest BCUT2D eigenvalue weighted by Gasteiger charge is 2.35. The van der Waals surface area contributed by atoms with Gasteiger partial charge in [0.2, 0.25) is 10.0 Å². The van der Waals surface area contributed by atoms with Crippen LogP contribution in [0.15, 0.2) is 65.6 Å². The van der Waals surface area contributed by atoms with Gasteiger partial charge in [0.15, 0.2) is 12.4 Å². The summed E-state index contributed by atoms with van der Waals surface area (Å²) in [6, 6.07) is 13.9. The van der Waals surface area contributed by atoms with Crippen LogP contribution in [0.2, 0.25) is 5.02 Å². The summed E-state index contributed by atoms with van der Waals surface area (Å²) in [6.07, 6.45) is -4.44. The molecule has 2 aliphatic heterocycles. The smallest absolute Gasteiger partial charge is 0.416 e. The van der Waals surface area contributed by atoms with Crippen LogP contribution < -0.4 is 14.5 Å². The zero-order valence-electron chi connectivity index (χ0n) is 21.8. The minimum atomic E-state index is -4.44. The standard InChI is InChI=1S/C28H25ClF3N3O5S/c1-18-14-25-23(35(27(37)17-40-25)16-24(36)19-2-6-21(29)7-3-19)15-26(18)41(38,39)34-12-10-33(11-13-34)22-8-4-20(5-9-22)28(30,31)32/h2-9,14-15H,10-13,16-17H2,1H3. The van der Waals surface area contributed by atoms with Crippen LogP contribution in [0, 0.1) is 6.92 Å². The molecule has 41 heavy (non-hydrogen) atoms. The third-order valence-corrected chi connectivity index (χ3v) is 9.38. The van der Waals surface area contributed by atoms with Gasteiger partial charge in [-0.05, 0) is 73.2 Å². The number of aryl methyl sites for hydroxylation is 1. The molecule has 1 amide bonds. The van der Waals surface area contributed by atoms with E-state index in [0.29, 0.717) is 21.8 Å². The molecule has 216 valence electrons. The van der Waals surface area contributed by atoms with Gasteiger partial charge >= 0.3 is 6.18 Å². The predicted molar refractivity (Wildman–Crippen MR) is 147 cm³/mol. The Morgan fingerprint density at radius 1 is 0.976 bits per heavy atom. The number of ketones is 1. The van der Waals surface area contributed by atoms with E-state index in [2.05, 4.69) is 0 Å². The average Bonchev–Trinajstić information content (AvgIpc) is 2.94. The Morgan fingerprint density at radius 3 is 2.22 bits per heavy atom. The van der Waals surface area contributed by atoms with Gasteiger partial charge in [-0.3, -0.25) is 14.5 Å². The van der Waals surface area contributed by atoms with Gasteiger partial charge in [-0.25, -0.2) is 8.42 Å². The number of ether oxygens (including phenoxy) is 1. The molecule has 5 rings (SSSR count). The highest BCUT2D eigenvalue weighted by molar-refractivity contribution is 7.89. The monoisotopic (exact) mass is 607 g/mol. The number of carbonyl (C=O) groups excluding carboxylic acids is 2. The predicted octanol–water partition coefficient (Wildman–Crippen LogP) is 4.79. The molecule has 1 saturated heterocycles. The summed E-state index contributed by atoms with van der Waals surface area (Å²) in [5.41, 5.74) is 0.748. The van der Waals surface area contributed by atoms with Crippen LogP contribution in [0.1, 0.15) is 21.5 Å². The number of alkyl halides is 3. The second-order valence-corrected chi connectivity index (χ2v) is 12.1. The lowest BCUT2D eigenvalue weighted by Gasteiger charge is -2.36. The number of Topliss-reactive ketones (excluding diaryl/α,β-unsaturated/α-hetero) is 1. The fraction of sp³-hybridized carbons (Fsp3) is 0.286. The zero-order valence-corrected chi connectivity index (χ0v) is 23.4. The topological polar surface area (TPSA) is 87.2 Å². The maximum absolute atomic E-state index is 13.7. The summed E-state index contributed by atoms with van der Waals surface area (Å²) in [4.78, 5) is 28.7. The number of fused-ring (bicyclic) bond motifs is 1. The highest BCUT2D eigenvalue weighted by atomic mass is 35.5. The van der Waals surface area contributed by atoms with Gasteiger partial charge in [0.05, 0.1) is 22.7 Å². The van der Waals surface area contributed by atoms with Gasteiger partial charge in [-0.1, -0.05) is 11.6 Å². The SMILES string of the molecule is Cc1cc2c(cc1S(=O)(=O)N1CCN(c3ccc(C(F)(F)F)cc3)CC1)N(CC(=O)c1ccc(Cl)cc1)C(=O)CO2. The summed E-state index contributed by atoms with van der Waals surface area (Å²) in [5.74, 6) is -0.554. The third-order valence-electron chi connectivity index (χ3n) is 7.08. The van der Waals surface area contributed by atoms with Crippen LogP contribution in [0.25, 0.3) is 0 Å². The van der Waals surface area contributed by atoms with Crippen molar-refractivity contribution >= 4 is 44.7 Å². The first-order chi connectivity index (χ1) is 19.3. The molecule has 3 aromatic rings. The molecule has 2 heterocycles. The maximum Gasteiger partial charge on any atom is 0.416 e. The summed E-state index contributed by atoms with van der Waals surface area (Å²) in [7, 11) is -4.02. The van der Waals surface area contributed by atoms with E-state index in [1.807, 2.05) is 4.90 Å². The highest BCUT2D eigenvalue weighted by Crippen LogP contribution is 2.38. The Kier molecular flexibility index (Phi) is 7.75. The number of benzene rings is 3. The quantitative estimate of drug-likeness (QED) is 0.375. The molecule has 0 unspecified atom stereocenters. The van der Waals surface area contributed by atoms with Crippen LogP contribution in [0.4, 0.5) is 24.5 Å². The number of amides is 1. The van der Waals surface area contributed by atoms with E-state index < -0.39 is 27.7 Å². The van der Waals surface area contributed by atoms with E-state index in [-0.39, 0.29) is 61.4 Å². The second kappa shape index (κ2) is 11.0. The second-order valence-electron chi connectivity index (χ2n) is 9.72. The Morgan fingerprint density at radius 2 is 1.61 bits per heavy atom. The van der Waals surface area contributed by atoms with E-state index >= 15 is 0 Å². The number of hydrogen-bond acceptors (Lipinski definition) is 6. The van der Waals surface area contributed by atoms with E-state index in [0.717, 1.165) is 12.1 Å². The van der Waals surface area contributed by atoms with Crippen LogP contribution in [-0.2, 0) is 21.0 Å². The minimum Gasteiger partial charge on any atom is -0.482 e. The number of nitrogens with zero attached hydrogens (tertiary/aromatic N) is 3. The molecular formula is C28H25ClF3N3O5S. The third kappa shape index (κ3) is 5.90. The van der Waals surface area contributed by atoms with Gasteiger partial charge in [-0.2, -0.15) is 17.5 Å². The number of carbonyl (C=O) groups is 2. The summed E-state index contributed by atoms with van der Waals surface area (Å²) in [5, 5.41) is 0.458. The fourth-order valence-electron chi connectivity index (χ4n) is 4.84. The lowest BCUT2D eigenvalue weighted by Crippen LogP contribution is -2.49. The first-order valence-corrected chi connectivity index (χ1v) is 14.5. The van der Waals surface area contributed by atoms with Crippen LogP contribution in [0.5, 0.6) is 5.75 Å². The van der Waals surface area contributed by atoms with Gasteiger partial charge in [-0.15, -0.1) is 0 Å². The van der Waals surface area contributed by atoms with Crippen molar-refractivity contribution in [1.29, 1.82) is 0 Å². The Bertz CT molecular complexity index is 1590. The van der Waals surface area contributed by atoms with Crippen LogP contribution in [0.3, 0.4) is 0 Å². The van der Waals surface area contributed by atoms with Crippen LogP contribution >= 0.6 is 11.6 Å². The molecule has 8 nitrogen and oxygen atoms in total. The number of hydrogen-bond donors (Lipinski definition) is 0. The molecule has 3 aromatic carbocycles. The Balaban J connectivity index is 1.35. The van der Waals surface area contributed by atoms with Crippen molar-refractivity contribution in [1.82, 2.24) is 4.31 Å². The summed E-state index contributed by atoms with van der Waals surface area (Å²) in [6.45, 7) is 1.77. The van der Waals surface area contributed by atoms with E-state index in [4.69, 9.17) is 16.3 Å². The van der Waals surface area contributed by atoms with Gasteiger partial charge in [0.1, 0.15) is 5.75 Å². The van der Waals surface area contributed by atoms with Gasteiger partial charge in [0, 0.05) is 42.5 Å². The first kappa shape index (κ1) is 28.9. The van der Waals surface area contributed by atoms with Crippen molar-refractivity contribution in [2.75, 3.05) is 49.1 Å². The average molecular weight is 608 g/mol. The number of halogens is 4. The molecule has 0 N–H and O–H groups in total. The molecule has 0 bridgehead atoms. The molecule has 0 aliphatic carbocycles. The molecule has 0 aromatic heterocycles. The van der Waals surface area contributed by atoms with E-state index in [1.54, 1.807) is 31.2 Å². The van der Waals surface area contributed by atoms with Crippen molar-refractivity contribution in [3.05, 3.63) is 82.4 Å². The lowest BCUT2D eigenvalue weighted by atomic mass is 10.1. The van der Waals surface area contributed by atoms with Crippen molar-refractivity contribution in [2.24, 2.45) is 0 Å². The van der Waals surface area contributed by atoms with Crippen molar-refractivity contribution < 1.29 is 35.9 Å². The van der Waals surface area contributed by atoms with Crippen LogP contribution in [-0.4, -0.2) is 63.7 Å². The number of rotatable bonds is 6. The van der Waals surface area contributed by atoms with Gasteiger partial charge < -0.3 is 9.64 Å².